The summed E-state index contributed by atoms with van der Waals surface area (Å²) in [5, 5.41) is -0.492. The number of amides is 1. The molecule has 1 unspecified atom stereocenters. The number of ether oxygens (including phenoxy) is 1. The van der Waals surface area contributed by atoms with E-state index in [1.807, 2.05) is 24.3 Å². The van der Waals surface area contributed by atoms with Gasteiger partial charge in [0, 0.05) is 13.6 Å². The van der Waals surface area contributed by atoms with Crippen molar-refractivity contribution < 1.29 is 9.53 Å². The summed E-state index contributed by atoms with van der Waals surface area (Å²) < 4.78 is 5.65. The first kappa shape index (κ1) is 15.8. The molecule has 1 atom stereocenters. The van der Waals surface area contributed by atoms with Crippen LogP contribution in [0.25, 0.3) is 0 Å². The van der Waals surface area contributed by atoms with Crippen LogP contribution in [0.4, 0.5) is 0 Å². The molecule has 1 rings (SSSR count). The van der Waals surface area contributed by atoms with E-state index in [9.17, 15) is 4.79 Å². The summed E-state index contributed by atoms with van der Waals surface area (Å²) in [6.07, 6.45) is 2.16. The average Bonchev–Trinajstić information content (AvgIpc) is 2.38. The highest BCUT2D eigenvalue weighted by molar-refractivity contribution is 6.30. The van der Waals surface area contributed by atoms with Gasteiger partial charge in [-0.05, 0) is 31.0 Å². The second kappa shape index (κ2) is 8.05. The number of hydrogen-bond acceptors (Lipinski definition) is 2. The Bertz CT molecular complexity index is 407. The van der Waals surface area contributed by atoms with Gasteiger partial charge < -0.3 is 9.64 Å². The molecule has 0 saturated carbocycles. The zero-order chi connectivity index (χ0) is 14.3. The molecule has 0 aliphatic heterocycles. The van der Waals surface area contributed by atoms with Crippen molar-refractivity contribution in [1.82, 2.24) is 4.90 Å². The zero-order valence-corrected chi connectivity index (χ0v) is 12.6. The number of carbonyl (C=O) groups is 1. The molecule has 0 heterocycles. The molecule has 0 fully saturated rings. The Balaban J connectivity index is 2.59. The first-order chi connectivity index (χ1) is 9.04. The van der Waals surface area contributed by atoms with Crippen LogP contribution in [0.1, 0.15) is 32.3 Å². The molecule has 1 aromatic carbocycles. The standard InChI is InChI=1S/C15H22ClNO2/c1-4-5-9-19-14-8-6-7-13(10-14)11-17(3)15(18)12(2)16/h6-8,10,12H,4-5,9,11H2,1-3H3. The van der Waals surface area contributed by atoms with Gasteiger partial charge in [-0.15, -0.1) is 11.6 Å². The highest BCUT2D eigenvalue weighted by atomic mass is 35.5. The van der Waals surface area contributed by atoms with E-state index in [2.05, 4.69) is 6.92 Å². The molecule has 3 nitrogen and oxygen atoms in total. The van der Waals surface area contributed by atoms with E-state index in [1.54, 1.807) is 18.9 Å². The Morgan fingerprint density at radius 3 is 2.84 bits per heavy atom. The molecular formula is C15H22ClNO2. The van der Waals surface area contributed by atoms with E-state index in [-0.39, 0.29) is 5.91 Å². The molecule has 106 valence electrons. The summed E-state index contributed by atoms with van der Waals surface area (Å²) in [5.74, 6) is 0.782. The van der Waals surface area contributed by atoms with Crippen LogP contribution in [0, 0.1) is 0 Å². The third-order valence-electron chi connectivity index (χ3n) is 2.80. The number of hydrogen-bond donors (Lipinski definition) is 0. The molecule has 0 bridgehead atoms. The molecule has 0 aromatic heterocycles. The van der Waals surface area contributed by atoms with Crippen molar-refractivity contribution in [3.63, 3.8) is 0 Å². The van der Waals surface area contributed by atoms with E-state index < -0.39 is 5.38 Å². The average molecular weight is 284 g/mol. The van der Waals surface area contributed by atoms with Gasteiger partial charge in [0.15, 0.2) is 0 Å². The van der Waals surface area contributed by atoms with Crippen molar-refractivity contribution in [2.45, 2.75) is 38.6 Å². The maximum atomic E-state index is 11.7. The van der Waals surface area contributed by atoms with Crippen LogP contribution in [0.3, 0.4) is 0 Å². The van der Waals surface area contributed by atoms with E-state index in [1.165, 1.54) is 0 Å². The number of nitrogens with zero attached hydrogens (tertiary/aromatic N) is 1. The first-order valence-electron chi connectivity index (χ1n) is 6.65. The number of rotatable bonds is 7. The molecular weight excluding hydrogens is 262 g/mol. The Labute approximate surface area is 120 Å². The lowest BCUT2D eigenvalue weighted by Gasteiger charge is -2.19. The lowest BCUT2D eigenvalue weighted by molar-refractivity contribution is -0.129. The van der Waals surface area contributed by atoms with Crippen molar-refractivity contribution >= 4 is 17.5 Å². The lowest BCUT2D eigenvalue weighted by Crippen LogP contribution is -2.31. The normalized spacial score (nSPS) is 12.0. The third-order valence-corrected chi connectivity index (χ3v) is 2.99. The van der Waals surface area contributed by atoms with Gasteiger partial charge in [-0.3, -0.25) is 4.79 Å². The third kappa shape index (κ3) is 5.52. The fourth-order valence-corrected chi connectivity index (χ4v) is 1.89. The van der Waals surface area contributed by atoms with Gasteiger partial charge in [-0.2, -0.15) is 0 Å². The van der Waals surface area contributed by atoms with Crippen molar-refractivity contribution in [2.24, 2.45) is 0 Å². The van der Waals surface area contributed by atoms with Crippen molar-refractivity contribution in [3.05, 3.63) is 29.8 Å². The van der Waals surface area contributed by atoms with Crippen LogP contribution < -0.4 is 4.74 Å². The first-order valence-corrected chi connectivity index (χ1v) is 7.09. The maximum absolute atomic E-state index is 11.7. The zero-order valence-electron chi connectivity index (χ0n) is 11.9. The number of halogens is 1. The van der Waals surface area contributed by atoms with E-state index >= 15 is 0 Å². The van der Waals surface area contributed by atoms with Gasteiger partial charge in [0.1, 0.15) is 11.1 Å². The van der Waals surface area contributed by atoms with Crippen LogP contribution >= 0.6 is 11.6 Å². The van der Waals surface area contributed by atoms with Gasteiger partial charge in [0.2, 0.25) is 5.91 Å². The van der Waals surface area contributed by atoms with E-state index in [0.29, 0.717) is 6.54 Å². The number of benzene rings is 1. The largest absolute Gasteiger partial charge is 0.494 e. The lowest BCUT2D eigenvalue weighted by atomic mass is 10.2. The van der Waals surface area contributed by atoms with E-state index in [0.717, 1.165) is 30.8 Å². The molecule has 0 aliphatic rings. The van der Waals surface area contributed by atoms with Crippen LogP contribution in [0.5, 0.6) is 5.75 Å². The summed E-state index contributed by atoms with van der Waals surface area (Å²) in [6, 6.07) is 7.83. The van der Waals surface area contributed by atoms with Crippen molar-refractivity contribution in [2.75, 3.05) is 13.7 Å². The van der Waals surface area contributed by atoms with Gasteiger partial charge >= 0.3 is 0 Å². The Kier molecular flexibility index (Phi) is 6.71. The molecule has 0 radical (unpaired) electrons. The van der Waals surface area contributed by atoms with Crippen molar-refractivity contribution in [3.8, 4) is 5.75 Å². The number of carbonyl (C=O) groups excluding carboxylic acids is 1. The molecule has 1 aromatic rings. The van der Waals surface area contributed by atoms with Gasteiger partial charge in [0.05, 0.1) is 6.61 Å². The summed E-state index contributed by atoms with van der Waals surface area (Å²) in [7, 11) is 1.76. The predicted molar refractivity (Wildman–Crippen MR) is 78.6 cm³/mol. The van der Waals surface area contributed by atoms with Gasteiger partial charge in [0.25, 0.3) is 0 Å². The number of unbranched alkanes of at least 4 members (excludes halogenated alkanes) is 1. The smallest absolute Gasteiger partial charge is 0.240 e. The van der Waals surface area contributed by atoms with Crippen LogP contribution in [0.2, 0.25) is 0 Å². The predicted octanol–water partition coefficient (Wildman–Crippen LogP) is 3.45. The second-order valence-corrected chi connectivity index (χ2v) is 5.31. The molecule has 0 spiro atoms. The maximum Gasteiger partial charge on any atom is 0.240 e. The van der Waals surface area contributed by atoms with E-state index in [4.69, 9.17) is 16.3 Å². The Morgan fingerprint density at radius 2 is 2.21 bits per heavy atom. The Morgan fingerprint density at radius 1 is 1.47 bits per heavy atom. The van der Waals surface area contributed by atoms with Crippen molar-refractivity contribution in [1.29, 1.82) is 0 Å². The topological polar surface area (TPSA) is 29.5 Å². The summed E-state index contributed by atoms with van der Waals surface area (Å²) in [4.78, 5) is 13.3. The van der Waals surface area contributed by atoms with Crippen LogP contribution in [-0.4, -0.2) is 29.8 Å². The molecule has 1 amide bonds. The second-order valence-electron chi connectivity index (χ2n) is 4.66. The van der Waals surface area contributed by atoms with Gasteiger partial charge in [-0.1, -0.05) is 25.5 Å². The van der Waals surface area contributed by atoms with Crippen LogP contribution in [0.15, 0.2) is 24.3 Å². The minimum atomic E-state index is -0.492. The fraction of sp³-hybridized carbons (Fsp3) is 0.533. The summed E-state index contributed by atoms with van der Waals surface area (Å²) >= 11 is 5.79. The highest BCUT2D eigenvalue weighted by Gasteiger charge is 2.14. The quantitative estimate of drug-likeness (QED) is 0.567. The highest BCUT2D eigenvalue weighted by Crippen LogP contribution is 2.15. The SMILES string of the molecule is CCCCOc1cccc(CN(C)C(=O)C(C)Cl)c1. The number of alkyl halides is 1. The molecule has 0 saturated heterocycles. The molecule has 0 N–H and O–H groups in total. The minimum Gasteiger partial charge on any atom is -0.494 e. The molecule has 19 heavy (non-hydrogen) atoms. The fourth-order valence-electron chi connectivity index (χ4n) is 1.72. The monoisotopic (exact) mass is 283 g/mol. The van der Waals surface area contributed by atoms with Crippen LogP contribution in [-0.2, 0) is 11.3 Å². The molecule has 4 heteroatoms. The van der Waals surface area contributed by atoms with Gasteiger partial charge in [-0.25, -0.2) is 0 Å². The summed E-state index contributed by atoms with van der Waals surface area (Å²) in [6.45, 7) is 5.09. The summed E-state index contributed by atoms with van der Waals surface area (Å²) in [5.41, 5.74) is 1.04. The molecule has 0 aliphatic carbocycles. The Hall–Kier alpha value is -1.22. The minimum absolute atomic E-state index is 0.0704.